The van der Waals surface area contributed by atoms with Gasteiger partial charge in [-0.1, -0.05) is 31.2 Å². The zero-order valence-electron chi connectivity index (χ0n) is 10.2. The Kier molecular flexibility index (Phi) is 5.32. The van der Waals surface area contributed by atoms with Crippen LogP contribution >= 0.6 is 0 Å². The summed E-state index contributed by atoms with van der Waals surface area (Å²) in [5.74, 6) is -1.61. The number of carboxylic acids is 1. The molecule has 0 bridgehead atoms. The quantitative estimate of drug-likeness (QED) is 0.740. The van der Waals surface area contributed by atoms with E-state index in [0.29, 0.717) is 0 Å². The second kappa shape index (κ2) is 6.76. The van der Waals surface area contributed by atoms with E-state index in [1.54, 1.807) is 6.92 Å². The molecule has 1 amide bonds. The van der Waals surface area contributed by atoms with Gasteiger partial charge in [0.1, 0.15) is 6.04 Å². The summed E-state index contributed by atoms with van der Waals surface area (Å²) in [6.45, 7) is 1.02. The molecule has 2 rings (SSSR count). The van der Waals surface area contributed by atoms with Crippen molar-refractivity contribution < 1.29 is 19.8 Å². The first-order valence-electron chi connectivity index (χ1n) is 5.78. The number of aliphatic carboxylic acids is 1. The van der Waals surface area contributed by atoms with Crippen molar-refractivity contribution >= 4 is 11.9 Å². The zero-order chi connectivity index (χ0) is 13.5. The van der Waals surface area contributed by atoms with Crippen LogP contribution in [0.4, 0.5) is 0 Å². The average Bonchev–Trinajstić information content (AvgIpc) is 3.15. The molecule has 3 N–H and O–H groups in total. The second-order valence-corrected chi connectivity index (χ2v) is 3.94. The van der Waals surface area contributed by atoms with Crippen molar-refractivity contribution in [1.82, 2.24) is 5.32 Å². The molecule has 1 aromatic rings. The third-order valence-corrected chi connectivity index (χ3v) is 2.51. The highest BCUT2D eigenvalue weighted by molar-refractivity contribution is 5.83. The Morgan fingerprint density at radius 2 is 1.89 bits per heavy atom. The van der Waals surface area contributed by atoms with Gasteiger partial charge in [-0.05, 0) is 17.5 Å². The highest BCUT2D eigenvalue weighted by Crippen LogP contribution is 2.25. The summed E-state index contributed by atoms with van der Waals surface area (Å²) in [7, 11) is 0. The van der Waals surface area contributed by atoms with E-state index in [0.717, 1.165) is 0 Å². The number of hydrogen-bond acceptors (Lipinski definition) is 3. The van der Waals surface area contributed by atoms with Gasteiger partial charge in [0.2, 0.25) is 5.91 Å². The van der Waals surface area contributed by atoms with Crippen LogP contribution in [0.2, 0.25) is 0 Å². The highest BCUT2D eigenvalue weighted by Gasteiger charge is 2.17. The number of aliphatic hydroxyl groups is 1. The molecular formula is C13H17NO4. The van der Waals surface area contributed by atoms with E-state index in [-0.39, 0.29) is 12.3 Å². The van der Waals surface area contributed by atoms with E-state index in [9.17, 15) is 9.59 Å². The molecule has 1 aromatic carbocycles. The second-order valence-electron chi connectivity index (χ2n) is 3.94. The first-order chi connectivity index (χ1) is 8.58. The molecule has 18 heavy (non-hydrogen) atoms. The van der Waals surface area contributed by atoms with E-state index >= 15 is 0 Å². The first-order valence-corrected chi connectivity index (χ1v) is 5.78. The minimum Gasteiger partial charge on any atom is -0.480 e. The lowest BCUT2D eigenvalue weighted by Crippen LogP contribution is -2.42. The fraction of sp³-hybridized carbons (Fsp3) is 0.385. The summed E-state index contributed by atoms with van der Waals surface area (Å²) in [5.41, 5.74) is 3.06. The molecule has 0 unspecified atom stereocenters. The lowest BCUT2D eigenvalue weighted by molar-refractivity contribution is -0.142. The van der Waals surface area contributed by atoms with Crippen molar-refractivity contribution in [2.24, 2.45) is 0 Å². The van der Waals surface area contributed by atoms with E-state index in [2.05, 4.69) is 29.6 Å². The fourth-order valence-electron chi connectivity index (χ4n) is 1.32. The summed E-state index contributed by atoms with van der Waals surface area (Å²) in [6.07, 6.45) is 1.46. The summed E-state index contributed by atoms with van der Waals surface area (Å²) >= 11 is 0. The molecule has 0 spiro atoms. The maximum Gasteiger partial charge on any atom is 0.328 e. The number of amides is 1. The minimum atomic E-state index is -1.23. The van der Waals surface area contributed by atoms with Gasteiger partial charge in [-0.2, -0.15) is 0 Å². The van der Waals surface area contributed by atoms with Crippen LogP contribution in [0.5, 0.6) is 0 Å². The number of benzene rings is 1. The summed E-state index contributed by atoms with van der Waals surface area (Å²) in [4.78, 5) is 20.8. The number of hydrogen-bond donors (Lipinski definition) is 3. The predicted octanol–water partition coefficient (Wildman–Crippen LogP) is 0.549. The van der Waals surface area contributed by atoms with Gasteiger partial charge in [0, 0.05) is 6.42 Å². The van der Waals surface area contributed by atoms with Crippen molar-refractivity contribution in [3.8, 4) is 0 Å². The third-order valence-electron chi connectivity index (χ3n) is 2.51. The van der Waals surface area contributed by atoms with Gasteiger partial charge in [-0.25, -0.2) is 4.79 Å². The molecule has 0 aromatic heterocycles. The number of carbonyl (C=O) groups excluding carboxylic acids is 1. The van der Waals surface area contributed by atoms with Crippen molar-refractivity contribution in [3.63, 3.8) is 0 Å². The Hall–Kier alpha value is -1.88. The first kappa shape index (κ1) is 14.2. The van der Waals surface area contributed by atoms with Crippen LogP contribution < -0.4 is 5.32 Å². The third kappa shape index (κ3) is 4.55. The molecule has 1 aliphatic carbocycles. The van der Waals surface area contributed by atoms with Crippen LogP contribution in [0, 0.1) is 0 Å². The number of carbonyl (C=O) groups is 2. The van der Waals surface area contributed by atoms with Gasteiger partial charge in [0.15, 0.2) is 0 Å². The van der Waals surface area contributed by atoms with Gasteiger partial charge in [-0.15, -0.1) is 0 Å². The molecule has 0 radical (unpaired) electrons. The Balaban J connectivity index is 0.000000194. The molecular weight excluding hydrogens is 234 g/mol. The van der Waals surface area contributed by atoms with Crippen molar-refractivity contribution in [3.05, 3.63) is 35.4 Å². The van der Waals surface area contributed by atoms with Crippen LogP contribution in [-0.2, 0) is 16.0 Å². The van der Waals surface area contributed by atoms with E-state index in [4.69, 9.17) is 10.2 Å². The molecule has 0 heterocycles. The average molecular weight is 251 g/mol. The number of nitrogens with one attached hydrogen (secondary N) is 1. The molecule has 0 aliphatic heterocycles. The molecule has 1 aliphatic rings. The monoisotopic (exact) mass is 251 g/mol. The molecule has 5 heteroatoms. The predicted molar refractivity (Wildman–Crippen MR) is 66.2 cm³/mol. The Morgan fingerprint density at radius 3 is 2.22 bits per heavy atom. The fourth-order valence-corrected chi connectivity index (χ4v) is 1.32. The Labute approximate surface area is 105 Å². The number of aliphatic hydroxyl groups excluding tert-OH is 1. The van der Waals surface area contributed by atoms with E-state index in [1.807, 2.05) is 0 Å². The molecule has 5 nitrogen and oxygen atoms in total. The standard InChI is InChI=1S/C7H6.C6H11NO4/c1-2-4-7-5-6(7)3-1;1-2-5(9)7-4(3-8)6(10)11/h1-4H,5H2;4,8H,2-3H2,1H3,(H,7,9)(H,10,11)/t;4-/m.1/s1. The maximum atomic E-state index is 10.6. The van der Waals surface area contributed by atoms with Gasteiger partial charge in [-0.3, -0.25) is 4.79 Å². The van der Waals surface area contributed by atoms with Crippen molar-refractivity contribution in [1.29, 1.82) is 0 Å². The number of carboxylic acid groups (broad SMARTS) is 1. The lowest BCUT2D eigenvalue weighted by Gasteiger charge is -2.09. The van der Waals surface area contributed by atoms with E-state index in [1.165, 1.54) is 17.5 Å². The zero-order valence-corrected chi connectivity index (χ0v) is 10.2. The molecule has 1 atom stereocenters. The van der Waals surface area contributed by atoms with Crippen LogP contribution in [0.25, 0.3) is 0 Å². The van der Waals surface area contributed by atoms with Crippen molar-refractivity contribution in [2.75, 3.05) is 6.61 Å². The van der Waals surface area contributed by atoms with Crippen LogP contribution in [0.3, 0.4) is 0 Å². The van der Waals surface area contributed by atoms with E-state index < -0.39 is 18.6 Å². The minimum absolute atomic E-state index is 0.212. The van der Waals surface area contributed by atoms with Crippen molar-refractivity contribution in [2.45, 2.75) is 25.8 Å². The molecule has 98 valence electrons. The summed E-state index contributed by atoms with van der Waals surface area (Å²) in [6, 6.07) is 7.35. The molecule has 0 saturated heterocycles. The van der Waals surface area contributed by atoms with Crippen LogP contribution in [0.15, 0.2) is 24.3 Å². The van der Waals surface area contributed by atoms with Gasteiger partial charge >= 0.3 is 5.97 Å². The summed E-state index contributed by atoms with van der Waals surface area (Å²) in [5, 5.41) is 18.9. The normalized spacial score (nSPS) is 12.6. The van der Waals surface area contributed by atoms with Crippen LogP contribution in [-0.4, -0.2) is 34.7 Å². The van der Waals surface area contributed by atoms with Crippen LogP contribution in [0.1, 0.15) is 24.5 Å². The number of rotatable bonds is 4. The van der Waals surface area contributed by atoms with Gasteiger partial charge in [0.25, 0.3) is 0 Å². The number of fused-ring (bicyclic) bond motifs is 1. The topological polar surface area (TPSA) is 86.6 Å². The highest BCUT2D eigenvalue weighted by atomic mass is 16.4. The van der Waals surface area contributed by atoms with Gasteiger partial charge in [0.05, 0.1) is 6.61 Å². The SMILES string of the molecule is CCC(=O)N[C@H](CO)C(=O)O.c1ccc2c(c1)C2. The Bertz CT molecular complexity index is 410. The lowest BCUT2D eigenvalue weighted by atomic mass is 10.3. The largest absolute Gasteiger partial charge is 0.480 e. The molecule has 0 fully saturated rings. The smallest absolute Gasteiger partial charge is 0.328 e. The Morgan fingerprint density at radius 1 is 1.33 bits per heavy atom. The maximum absolute atomic E-state index is 10.6. The van der Waals surface area contributed by atoms with Gasteiger partial charge < -0.3 is 15.5 Å². The molecule has 0 saturated carbocycles. The summed E-state index contributed by atoms with van der Waals surface area (Å²) < 4.78 is 0.